The van der Waals surface area contributed by atoms with E-state index in [1.807, 2.05) is 25.1 Å². The highest BCUT2D eigenvalue weighted by molar-refractivity contribution is 5.40. The lowest BCUT2D eigenvalue weighted by Gasteiger charge is -2.12. The van der Waals surface area contributed by atoms with E-state index in [0.717, 1.165) is 24.9 Å². The number of nitrogens with zero attached hydrogens (tertiary/aromatic N) is 3. The molecule has 5 nitrogen and oxygen atoms in total. The molecule has 1 heterocycles. The van der Waals surface area contributed by atoms with Crippen molar-refractivity contribution in [2.24, 2.45) is 0 Å². The second-order valence-electron chi connectivity index (χ2n) is 4.17. The van der Waals surface area contributed by atoms with E-state index in [0.29, 0.717) is 6.04 Å². The number of rotatable bonds is 6. The molecule has 1 aromatic rings. The molecule has 0 spiro atoms. The molecule has 90 valence electrons. The summed E-state index contributed by atoms with van der Waals surface area (Å²) in [6.45, 7) is 6.06. The monoisotopic (exact) mass is 223 g/mol. The third-order valence-electron chi connectivity index (χ3n) is 2.03. The molecular weight excluding hydrogens is 202 g/mol. The van der Waals surface area contributed by atoms with Gasteiger partial charge < -0.3 is 15.5 Å². The molecule has 1 rings (SSSR count). The van der Waals surface area contributed by atoms with Gasteiger partial charge in [0.25, 0.3) is 0 Å². The van der Waals surface area contributed by atoms with Crippen molar-refractivity contribution in [2.75, 3.05) is 37.4 Å². The lowest BCUT2D eigenvalue weighted by Crippen LogP contribution is -2.28. The zero-order chi connectivity index (χ0) is 12.0. The largest absolute Gasteiger partial charge is 0.369 e. The molecule has 0 aliphatic carbocycles. The van der Waals surface area contributed by atoms with Gasteiger partial charge in [-0.05, 0) is 6.07 Å². The Hall–Kier alpha value is -1.36. The molecule has 0 aromatic carbocycles. The van der Waals surface area contributed by atoms with E-state index in [4.69, 9.17) is 0 Å². The Labute approximate surface area is 97.3 Å². The van der Waals surface area contributed by atoms with Crippen LogP contribution in [-0.2, 0) is 0 Å². The minimum absolute atomic E-state index is 0.518. The number of hydrogen-bond donors (Lipinski definition) is 2. The fourth-order valence-electron chi connectivity index (χ4n) is 1.21. The van der Waals surface area contributed by atoms with Crippen molar-refractivity contribution in [3.05, 3.63) is 12.3 Å². The van der Waals surface area contributed by atoms with E-state index in [2.05, 4.69) is 34.4 Å². The first kappa shape index (κ1) is 12.7. The topological polar surface area (TPSA) is 53.1 Å². The maximum absolute atomic E-state index is 4.36. The molecular formula is C11H21N5. The van der Waals surface area contributed by atoms with Crippen LogP contribution < -0.4 is 15.5 Å². The van der Waals surface area contributed by atoms with Crippen molar-refractivity contribution in [1.82, 2.24) is 15.3 Å². The van der Waals surface area contributed by atoms with Crippen LogP contribution in [0.25, 0.3) is 0 Å². The normalized spacial score (nSPS) is 10.6. The Balaban J connectivity index is 2.39. The van der Waals surface area contributed by atoms with E-state index in [-0.39, 0.29) is 0 Å². The van der Waals surface area contributed by atoms with Gasteiger partial charge in [0.2, 0.25) is 5.95 Å². The highest BCUT2D eigenvalue weighted by Crippen LogP contribution is 2.06. The molecule has 0 fully saturated rings. The van der Waals surface area contributed by atoms with Crippen LogP contribution in [0, 0.1) is 0 Å². The summed E-state index contributed by atoms with van der Waals surface area (Å²) in [4.78, 5) is 10.4. The molecule has 0 saturated carbocycles. The number of anilines is 2. The lowest BCUT2D eigenvalue weighted by molar-refractivity contribution is 0.602. The lowest BCUT2D eigenvalue weighted by atomic mass is 10.4. The quantitative estimate of drug-likeness (QED) is 0.703. The number of aromatic nitrogens is 2. The van der Waals surface area contributed by atoms with Crippen molar-refractivity contribution in [2.45, 2.75) is 19.9 Å². The predicted octanol–water partition coefficient (Wildman–Crippen LogP) is 0.952. The Bertz CT molecular complexity index is 311. The second kappa shape index (κ2) is 6.27. The summed E-state index contributed by atoms with van der Waals surface area (Å²) in [7, 11) is 3.86. The fourth-order valence-corrected chi connectivity index (χ4v) is 1.21. The van der Waals surface area contributed by atoms with Gasteiger partial charge in [-0.15, -0.1) is 0 Å². The summed E-state index contributed by atoms with van der Waals surface area (Å²) < 4.78 is 0. The molecule has 0 saturated heterocycles. The van der Waals surface area contributed by atoms with Crippen LogP contribution in [0.4, 0.5) is 11.8 Å². The molecule has 0 unspecified atom stereocenters. The van der Waals surface area contributed by atoms with Crippen LogP contribution in [0.2, 0.25) is 0 Å². The molecule has 1 aromatic heterocycles. The highest BCUT2D eigenvalue weighted by Gasteiger charge is 2.00. The summed E-state index contributed by atoms with van der Waals surface area (Å²) in [5.74, 6) is 1.59. The zero-order valence-corrected chi connectivity index (χ0v) is 10.5. The van der Waals surface area contributed by atoms with Crippen molar-refractivity contribution in [3.8, 4) is 0 Å². The van der Waals surface area contributed by atoms with E-state index >= 15 is 0 Å². The molecule has 0 bridgehead atoms. The van der Waals surface area contributed by atoms with Crippen LogP contribution in [0.15, 0.2) is 12.3 Å². The minimum atomic E-state index is 0.518. The maximum atomic E-state index is 4.36. The Kier molecular flexibility index (Phi) is 4.98. The van der Waals surface area contributed by atoms with Gasteiger partial charge >= 0.3 is 0 Å². The van der Waals surface area contributed by atoms with Crippen molar-refractivity contribution >= 4 is 11.8 Å². The Morgan fingerprint density at radius 3 is 2.69 bits per heavy atom. The molecule has 0 aliphatic heterocycles. The highest BCUT2D eigenvalue weighted by atomic mass is 15.2. The summed E-state index contributed by atoms with van der Waals surface area (Å²) in [6.07, 6.45) is 1.76. The molecule has 0 aliphatic rings. The number of hydrogen-bond acceptors (Lipinski definition) is 5. The first-order valence-electron chi connectivity index (χ1n) is 5.57. The smallest absolute Gasteiger partial charge is 0.226 e. The van der Waals surface area contributed by atoms with Crippen LogP contribution in [-0.4, -0.2) is 43.2 Å². The van der Waals surface area contributed by atoms with Gasteiger partial charge in [-0.3, -0.25) is 0 Å². The maximum Gasteiger partial charge on any atom is 0.226 e. The third kappa shape index (κ3) is 4.44. The zero-order valence-electron chi connectivity index (χ0n) is 10.5. The fraction of sp³-hybridized carbons (Fsp3) is 0.636. The van der Waals surface area contributed by atoms with Crippen molar-refractivity contribution in [3.63, 3.8) is 0 Å². The molecule has 16 heavy (non-hydrogen) atoms. The number of nitrogens with one attached hydrogen (secondary N) is 2. The average Bonchev–Trinajstić information content (AvgIpc) is 2.24. The molecule has 0 radical (unpaired) electrons. The minimum Gasteiger partial charge on any atom is -0.369 e. The first-order valence-corrected chi connectivity index (χ1v) is 5.57. The van der Waals surface area contributed by atoms with Gasteiger partial charge in [0.15, 0.2) is 0 Å². The molecule has 2 N–H and O–H groups in total. The van der Waals surface area contributed by atoms with Crippen LogP contribution >= 0.6 is 0 Å². The van der Waals surface area contributed by atoms with Crippen molar-refractivity contribution < 1.29 is 0 Å². The molecule has 0 atom stereocenters. The van der Waals surface area contributed by atoms with E-state index in [1.54, 1.807) is 6.20 Å². The van der Waals surface area contributed by atoms with Crippen molar-refractivity contribution in [1.29, 1.82) is 0 Å². The summed E-state index contributed by atoms with van der Waals surface area (Å²) in [5.41, 5.74) is 0. The van der Waals surface area contributed by atoms with Crippen LogP contribution in [0.1, 0.15) is 13.8 Å². The van der Waals surface area contributed by atoms with Gasteiger partial charge in [-0.1, -0.05) is 13.8 Å². The third-order valence-corrected chi connectivity index (χ3v) is 2.03. The summed E-state index contributed by atoms with van der Waals surface area (Å²) >= 11 is 0. The average molecular weight is 223 g/mol. The Morgan fingerprint density at radius 2 is 2.06 bits per heavy atom. The Morgan fingerprint density at radius 1 is 1.31 bits per heavy atom. The van der Waals surface area contributed by atoms with Gasteiger partial charge in [-0.2, -0.15) is 4.98 Å². The van der Waals surface area contributed by atoms with Gasteiger partial charge in [-0.25, -0.2) is 4.98 Å². The SMILES string of the molecule is CC(C)NCCNc1ccnc(N(C)C)n1. The van der Waals surface area contributed by atoms with Gasteiger partial charge in [0.05, 0.1) is 0 Å². The molecule has 5 heteroatoms. The second-order valence-corrected chi connectivity index (χ2v) is 4.17. The van der Waals surface area contributed by atoms with Gasteiger partial charge in [0.1, 0.15) is 5.82 Å². The van der Waals surface area contributed by atoms with Crippen LogP contribution in [0.5, 0.6) is 0 Å². The van der Waals surface area contributed by atoms with E-state index in [1.165, 1.54) is 0 Å². The molecule has 0 amide bonds. The van der Waals surface area contributed by atoms with Gasteiger partial charge in [0, 0.05) is 39.4 Å². The van der Waals surface area contributed by atoms with E-state index in [9.17, 15) is 0 Å². The van der Waals surface area contributed by atoms with Crippen LogP contribution in [0.3, 0.4) is 0 Å². The standard InChI is InChI=1S/C11H21N5/c1-9(2)12-7-8-13-10-5-6-14-11(15-10)16(3)4/h5-6,9,12H,7-8H2,1-4H3,(H,13,14,15). The predicted molar refractivity (Wildman–Crippen MR) is 68.0 cm³/mol. The summed E-state index contributed by atoms with van der Waals surface area (Å²) in [6, 6.07) is 2.40. The summed E-state index contributed by atoms with van der Waals surface area (Å²) in [5, 5.41) is 6.59. The van der Waals surface area contributed by atoms with E-state index < -0.39 is 0 Å². The first-order chi connectivity index (χ1) is 7.59.